The lowest BCUT2D eigenvalue weighted by Crippen LogP contribution is -2.24. The molecule has 3 aromatic rings. The molecule has 7 nitrogen and oxygen atoms in total. The second kappa shape index (κ2) is 9.84. The monoisotopic (exact) mass is 394 g/mol. The number of carbonyl (C=O) groups excluding carboxylic acids is 1. The Morgan fingerprint density at radius 3 is 2.76 bits per heavy atom. The van der Waals surface area contributed by atoms with E-state index in [0.29, 0.717) is 31.1 Å². The summed E-state index contributed by atoms with van der Waals surface area (Å²) in [6.45, 7) is 5.48. The van der Waals surface area contributed by atoms with Crippen molar-refractivity contribution in [2.45, 2.75) is 26.3 Å². The maximum Gasteiger partial charge on any atom is 0.255 e. The topological polar surface area (TPSA) is 78.3 Å². The summed E-state index contributed by atoms with van der Waals surface area (Å²) in [5, 5.41) is 7.38. The van der Waals surface area contributed by atoms with Crippen LogP contribution in [0.5, 0.6) is 5.75 Å². The van der Waals surface area contributed by atoms with E-state index >= 15 is 0 Å². The fourth-order valence-electron chi connectivity index (χ4n) is 3.02. The molecular weight excluding hydrogens is 368 g/mol. The van der Waals surface area contributed by atoms with Gasteiger partial charge in [0.2, 0.25) is 0 Å². The molecule has 0 radical (unpaired) electrons. The van der Waals surface area contributed by atoms with Gasteiger partial charge in [0.05, 0.1) is 24.1 Å². The largest absolute Gasteiger partial charge is 0.491 e. The third-order valence-corrected chi connectivity index (χ3v) is 4.37. The molecule has 0 aliphatic rings. The van der Waals surface area contributed by atoms with Gasteiger partial charge in [0.25, 0.3) is 5.91 Å². The minimum atomic E-state index is -0.165. The van der Waals surface area contributed by atoms with Crippen molar-refractivity contribution < 1.29 is 14.3 Å². The molecule has 0 aliphatic heterocycles. The van der Waals surface area contributed by atoms with E-state index in [0.717, 1.165) is 17.0 Å². The van der Waals surface area contributed by atoms with E-state index in [1.54, 1.807) is 24.2 Å². The molecule has 0 aliphatic carbocycles. The van der Waals surface area contributed by atoms with E-state index in [1.807, 2.05) is 56.3 Å². The molecule has 0 unspecified atom stereocenters. The first-order valence-corrected chi connectivity index (χ1v) is 9.58. The van der Waals surface area contributed by atoms with Crippen LogP contribution in [-0.2, 0) is 11.3 Å². The van der Waals surface area contributed by atoms with Crippen LogP contribution in [0.3, 0.4) is 0 Å². The Bertz CT molecular complexity index is 938. The van der Waals surface area contributed by atoms with Crippen LogP contribution in [0.15, 0.2) is 54.9 Å². The normalized spacial score (nSPS) is 10.9. The van der Waals surface area contributed by atoms with Crippen molar-refractivity contribution in [3.05, 3.63) is 71.7 Å². The highest BCUT2D eigenvalue weighted by atomic mass is 16.5. The summed E-state index contributed by atoms with van der Waals surface area (Å²) in [5.74, 6) is 1.38. The Morgan fingerprint density at radius 1 is 1.17 bits per heavy atom. The van der Waals surface area contributed by atoms with Crippen LogP contribution in [0.2, 0.25) is 0 Å². The Labute approximate surface area is 170 Å². The highest BCUT2D eigenvalue weighted by Crippen LogP contribution is 2.22. The van der Waals surface area contributed by atoms with Gasteiger partial charge < -0.3 is 14.8 Å². The van der Waals surface area contributed by atoms with Crippen molar-refractivity contribution in [3.63, 3.8) is 0 Å². The SMILES string of the molecule is COCCOc1cccc(CNC(=O)c2cnn(-c3ccccn3)c2C(C)C)c1. The van der Waals surface area contributed by atoms with Crippen molar-refractivity contribution in [1.82, 2.24) is 20.1 Å². The van der Waals surface area contributed by atoms with Crippen LogP contribution in [0.1, 0.15) is 41.4 Å². The number of nitrogens with zero attached hydrogens (tertiary/aromatic N) is 3. The van der Waals surface area contributed by atoms with E-state index in [-0.39, 0.29) is 11.8 Å². The van der Waals surface area contributed by atoms with Gasteiger partial charge in [-0.2, -0.15) is 5.10 Å². The Kier molecular flexibility index (Phi) is 6.97. The lowest BCUT2D eigenvalue weighted by molar-refractivity contribution is 0.0949. The lowest BCUT2D eigenvalue weighted by Gasteiger charge is -2.12. The average Bonchev–Trinajstić information content (AvgIpc) is 3.19. The van der Waals surface area contributed by atoms with Gasteiger partial charge in [-0.15, -0.1) is 0 Å². The van der Waals surface area contributed by atoms with Gasteiger partial charge in [-0.3, -0.25) is 4.79 Å². The van der Waals surface area contributed by atoms with Crippen LogP contribution >= 0.6 is 0 Å². The number of aromatic nitrogens is 3. The van der Waals surface area contributed by atoms with Gasteiger partial charge in [-0.25, -0.2) is 9.67 Å². The third kappa shape index (κ3) is 5.20. The van der Waals surface area contributed by atoms with Crippen LogP contribution < -0.4 is 10.1 Å². The maximum atomic E-state index is 12.9. The van der Waals surface area contributed by atoms with Crippen molar-refractivity contribution in [1.29, 1.82) is 0 Å². The Hall–Kier alpha value is -3.19. The number of ether oxygens (including phenoxy) is 2. The fraction of sp³-hybridized carbons (Fsp3) is 0.318. The number of hydrogen-bond donors (Lipinski definition) is 1. The van der Waals surface area contributed by atoms with Gasteiger partial charge in [-0.05, 0) is 35.7 Å². The van der Waals surface area contributed by atoms with Gasteiger partial charge in [0.1, 0.15) is 12.4 Å². The highest BCUT2D eigenvalue weighted by Gasteiger charge is 2.21. The standard InChI is InChI=1S/C22H26N4O3/c1-16(2)21-19(15-25-26(21)20-9-4-5-10-23-20)22(27)24-14-17-7-6-8-18(13-17)29-12-11-28-3/h4-10,13,15-16H,11-12,14H2,1-3H3,(H,24,27). The van der Waals surface area contributed by atoms with Gasteiger partial charge in [0.15, 0.2) is 5.82 Å². The summed E-state index contributed by atoms with van der Waals surface area (Å²) in [5.41, 5.74) is 2.34. The van der Waals surface area contributed by atoms with Crippen molar-refractivity contribution in [3.8, 4) is 11.6 Å². The minimum Gasteiger partial charge on any atom is -0.491 e. The van der Waals surface area contributed by atoms with E-state index in [2.05, 4.69) is 15.4 Å². The first-order valence-electron chi connectivity index (χ1n) is 9.58. The number of rotatable bonds is 9. The summed E-state index contributed by atoms with van der Waals surface area (Å²) in [6.07, 6.45) is 3.31. The van der Waals surface area contributed by atoms with Gasteiger partial charge >= 0.3 is 0 Å². The predicted molar refractivity (Wildman–Crippen MR) is 110 cm³/mol. The summed E-state index contributed by atoms with van der Waals surface area (Å²) < 4.78 is 12.3. The van der Waals surface area contributed by atoms with E-state index in [1.165, 1.54) is 0 Å². The molecule has 0 bridgehead atoms. The highest BCUT2D eigenvalue weighted by molar-refractivity contribution is 5.95. The third-order valence-electron chi connectivity index (χ3n) is 4.37. The Morgan fingerprint density at radius 2 is 2.03 bits per heavy atom. The second-order valence-corrected chi connectivity index (χ2v) is 6.87. The summed E-state index contributed by atoms with van der Waals surface area (Å²) in [7, 11) is 1.64. The number of carbonyl (C=O) groups is 1. The predicted octanol–water partition coefficient (Wildman–Crippen LogP) is 3.35. The number of methoxy groups -OCH3 is 1. The molecular formula is C22H26N4O3. The zero-order chi connectivity index (χ0) is 20.6. The molecule has 2 heterocycles. The molecule has 3 rings (SSSR count). The van der Waals surface area contributed by atoms with E-state index < -0.39 is 0 Å². The smallest absolute Gasteiger partial charge is 0.255 e. The first-order chi connectivity index (χ1) is 14.1. The Balaban J connectivity index is 1.72. The quantitative estimate of drug-likeness (QED) is 0.563. The van der Waals surface area contributed by atoms with Crippen LogP contribution in [0, 0.1) is 0 Å². The number of amides is 1. The number of benzene rings is 1. The molecule has 0 spiro atoms. The fourth-order valence-corrected chi connectivity index (χ4v) is 3.02. The van der Waals surface area contributed by atoms with Crippen molar-refractivity contribution in [2.75, 3.05) is 20.3 Å². The lowest BCUT2D eigenvalue weighted by atomic mass is 10.1. The van der Waals surface area contributed by atoms with Crippen LogP contribution in [0.4, 0.5) is 0 Å². The molecule has 0 saturated carbocycles. The summed E-state index contributed by atoms with van der Waals surface area (Å²) >= 11 is 0. The zero-order valence-electron chi connectivity index (χ0n) is 17.0. The molecule has 2 aromatic heterocycles. The number of hydrogen-bond acceptors (Lipinski definition) is 5. The van der Waals surface area contributed by atoms with E-state index in [4.69, 9.17) is 9.47 Å². The molecule has 0 saturated heterocycles. The number of pyridine rings is 1. The van der Waals surface area contributed by atoms with Gasteiger partial charge in [0, 0.05) is 19.9 Å². The molecule has 1 aromatic carbocycles. The van der Waals surface area contributed by atoms with E-state index in [9.17, 15) is 4.79 Å². The minimum absolute atomic E-state index is 0.109. The zero-order valence-corrected chi connectivity index (χ0v) is 17.0. The first kappa shape index (κ1) is 20.5. The van der Waals surface area contributed by atoms with Crippen LogP contribution in [0.25, 0.3) is 5.82 Å². The molecule has 7 heteroatoms. The summed E-state index contributed by atoms with van der Waals surface area (Å²) in [6, 6.07) is 13.3. The maximum absolute atomic E-state index is 12.9. The molecule has 1 amide bonds. The molecule has 152 valence electrons. The summed E-state index contributed by atoms with van der Waals surface area (Å²) in [4.78, 5) is 17.2. The van der Waals surface area contributed by atoms with Crippen molar-refractivity contribution in [2.24, 2.45) is 0 Å². The van der Waals surface area contributed by atoms with Crippen LogP contribution in [-0.4, -0.2) is 41.0 Å². The van der Waals surface area contributed by atoms with Gasteiger partial charge in [-0.1, -0.05) is 32.0 Å². The second-order valence-electron chi connectivity index (χ2n) is 6.87. The number of nitrogens with one attached hydrogen (secondary N) is 1. The molecule has 0 atom stereocenters. The molecule has 1 N–H and O–H groups in total. The molecule has 0 fully saturated rings. The average molecular weight is 394 g/mol. The molecule has 29 heavy (non-hydrogen) atoms. The van der Waals surface area contributed by atoms with Crippen molar-refractivity contribution >= 4 is 5.91 Å².